The number of nitro benzene ring substituents is 2. The van der Waals surface area contributed by atoms with Crippen molar-refractivity contribution in [2.24, 2.45) is 0 Å². The van der Waals surface area contributed by atoms with Crippen molar-refractivity contribution in [2.75, 3.05) is 0 Å². The van der Waals surface area contributed by atoms with E-state index in [-0.39, 0.29) is 17.8 Å². The van der Waals surface area contributed by atoms with E-state index in [9.17, 15) is 25.0 Å². The molecule has 3 atom stereocenters. The summed E-state index contributed by atoms with van der Waals surface area (Å²) in [5.41, 5.74) is 0.580. The van der Waals surface area contributed by atoms with E-state index in [4.69, 9.17) is 14.2 Å². The van der Waals surface area contributed by atoms with Gasteiger partial charge in [0.2, 0.25) is 5.79 Å². The molecule has 1 spiro atoms. The van der Waals surface area contributed by atoms with Gasteiger partial charge in [-0.25, -0.2) is 4.79 Å². The number of hydrogen-bond acceptors (Lipinski definition) is 8. The van der Waals surface area contributed by atoms with E-state index in [1.54, 1.807) is 12.1 Å². The fraction of sp³-hybridized carbons (Fsp3) is 0.211. The molecule has 1 saturated heterocycles. The molecule has 0 bridgehead atoms. The summed E-state index contributed by atoms with van der Waals surface area (Å²) in [6.07, 6.45) is 0.932. The highest BCUT2D eigenvalue weighted by atomic mass is 16.8. The van der Waals surface area contributed by atoms with Crippen LogP contribution in [0.2, 0.25) is 0 Å². The van der Waals surface area contributed by atoms with E-state index in [2.05, 4.69) is 0 Å². The number of ether oxygens (including phenoxy) is 3. The van der Waals surface area contributed by atoms with Gasteiger partial charge in [0.15, 0.2) is 6.29 Å². The van der Waals surface area contributed by atoms with Gasteiger partial charge in [-0.3, -0.25) is 20.2 Å². The van der Waals surface area contributed by atoms with Crippen molar-refractivity contribution in [1.29, 1.82) is 0 Å². The Kier molecular flexibility index (Phi) is 4.57. The largest absolute Gasteiger partial charge is 0.426 e. The van der Waals surface area contributed by atoms with Gasteiger partial charge in [-0.05, 0) is 11.6 Å². The Morgan fingerprint density at radius 3 is 2.17 bits per heavy atom. The zero-order valence-corrected chi connectivity index (χ0v) is 14.8. The van der Waals surface area contributed by atoms with Gasteiger partial charge in [0.1, 0.15) is 0 Å². The Bertz CT molecular complexity index is 969. The molecule has 29 heavy (non-hydrogen) atoms. The van der Waals surface area contributed by atoms with E-state index in [0.29, 0.717) is 11.1 Å². The number of nitrogens with zero attached hydrogens (tertiary/aromatic N) is 2. The lowest BCUT2D eigenvalue weighted by Gasteiger charge is -2.40. The van der Waals surface area contributed by atoms with Gasteiger partial charge < -0.3 is 14.2 Å². The Morgan fingerprint density at radius 2 is 1.59 bits per heavy atom. The lowest BCUT2D eigenvalue weighted by molar-refractivity contribution is -0.385. The highest BCUT2D eigenvalue weighted by Crippen LogP contribution is 2.46. The third-order valence-electron chi connectivity index (χ3n) is 4.62. The maximum Gasteiger partial charge on any atom is 0.333 e. The predicted molar refractivity (Wildman–Crippen MR) is 96.4 cm³/mol. The Morgan fingerprint density at radius 1 is 0.966 bits per heavy atom. The first kappa shape index (κ1) is 18.7. The summed E-state index contributed by atoms with van der Waals surface area (Å²) in [5, 5.41) is 22.2. The van der Waals surface area contributed by atoms with Gasteiger partial charge in [-0.15, -0.1) is 0 Å². The van der Waals surface area contributed by atoms with Crippen LogP contribution in [0.4, 0.5) is 11.4 Å². The molecule has 0 saturated carbocycles. The van der Waals surface area contributed by atoms with Gasteiger partial charge in [0.25, 0.3) is 11.4 Å². The maximum absolute atomic E-state index is 11.7. The minimum absolute atomic E-state index is 0.0713. The molecule has 0 radical (unpaired) electrons. The van der Waals surface area contributed by atoms with Crippen molar-refractivity contribution < 1.29 is 28.9 Å². The van der Waals surface area contributed by atoms with Crippen molar-refractivity contribution in [2.45, 2.75) is 24.6 Å². The highest BCUT2D eigenvalue weighted by molar-refractivity contribution is 5.85. The minimum atomic E-state index is -1.43. The molecule has 2 aliphatic heterocycles. The molecule has 0 amide bonds. The quantitative estimate of drug-likeness (QED) is 0.434. The van der Waals surface area contributed by atoms with Gasteiger partial charge in [-0.1, -0.05) is 24.3 Å². The molecule has 10 nitrogen and oxygen atoms in total. The molecule has 1 fully saturated rings. The Hall–Kier alpha value is -3.63. The molecular weight excluding hydrogens is 384 g/mol. The Labute approximate surface area is 163 Å². The fourth-order valence-corrected chi connectivity index (χ4v) is 3.29. The summed E-state index contributed by atoms with van der Waals surface area (Å²) in [6, 6.07) is 11.6. The molecule has 4 rings (SSSR count). The summed E-state index contributed by atoms with van der Waals surface area (Å²) < 4.78 is 17.1. The van der Waals surface area contributed by atoms with Crippen molar-refractivity contribution in [3.63, 3.8) is 0 Å². The lowest BCUT2D eigenvalue weighted by atomic mass is 9.98. The SMILES string of the molecule is O=C1C=C[C@]2(C[C@@H](c3cccc([N+](=O)[O-])c3)O[C@@H](c3cccc([N+](=O)[O-])c3)O2)O1. The lowest BCUT2D eigenvalue weighted by Crippen LogP contribution is -2.41. The number of rotatable bonds is 4. The second-order valence-corrected chi connectivity index (χ2v) is 6.55. The summed E-state index contributed by atoms with van der Waals surface area (Å²) in [4.78, 5) is 32.8. The van der Waals surface area contributed by atoms with Crippen molar-refractivity contribution in [3.05, 3.63) is 92.0 Å². The van der Waals surface area contributed by atoms with E-state index in [1.165, 1.54) is 48.6 Å². The topological polar surface area (TPSA) is 131 Å². The monoisotopic (exact) mass is 398 g/mol. The predicted octanol–water partition coefficient (Wildman–Crippen LogP) is 3.49. The van der Waals surface area contributed by atoms with E-state index in [1.807, 2.05) is 0 Å². The van der Waals surface area contributed by atoms with Crippen LogP contribution in [0.5, 0.6) is 0 Å². The van der Waals surface area contributed by atoms with Crippen LogP contribution < -0.4 is 0 Å². The molecule has 2 heterocycles. The summed E-state index contributed by atoms with van der Waals surface area (Å²) in [5.74, 6) is -2.03. The van der Waals surface area contributed by atoms with Crippen molar-refractivity contribution in [1.82, 2.24) is 0 Å². The van der Waals surface area contributed by atoms with Crippen LogP contribution in [0, 0.1) is 20.2 Å². The van der Waals surface area contributed by atoms with Crippen LogP contribution >= 0.6 is 0 Å². The second kappa shape index (κ2) is 7.08. The van der Waals surface area contributed by atoms with Gasteiger partial charge in [0.05, 0.1) is 16.0 Å². The zero-order chi connectivity index (χ0) is 20.6. The first-order valence-corrected chi connectivity index (χ1v) is 8.59. The van der Waals surface area contributed by atoms with Crippen LogP contribution in [-0.4, -0.2) is 21.6 Å². The van der Waals surface area contributed by atoms with Crippen LogP contribution in [0.25, 0.3) is 0 Å². The Balaban J connectivity index is 1.72. The first-order valence-electron chi connectivity index (χ1n) is 8.59. The van der Waals surface area contributed by atoms with Crippen LogP contribution in [0.15, 0.2) is 60.7 Å². The van der Waals surface area contributed by atoms with E-state index >= 15 is 0 Å². The standard InChI is InChI=1S/C19H14N2O8/c22-17-7-8-19(28-17)11-16(12-3-1-5-14(9-12)20(23)24)27-18(29-19)13-4-2-6-15(10-13)21(25)26/h1-10,16,18H,11H2/t16-,18+,19-/m0/s1. The number of benzene rings is 2. The summed E-state index contributed by atoms with van der Waals surface area (Å²) in [7, 11) is 0. The second-order valence-electron chi connectivity index (χ2n) is 6.55. The van der Waals surface area contributed by atoms with E-state index < -0.39 is 34.0 Å². The highest BCUT2D eigenvalue weighted by Gasteiger charge is 2.47. The number of nitro groups is 2. The first-order chi connectivity index (χ1) is 13.8. The average Bonchev–Trinajstić information content (AvgIpc) is 3.07. The third-order valence-corrected chi connectivity index (χ3v) is 4.62. The fourth-order valence-electron chi connectivity index (χ4n) is 3.29. The smallest absolute Gasteiger partial charge is 0.333 e. The average molecular weight is 398 g/mol. The number of esters is 1. The summed E-state index contributed by atoms with van der Waals surface area (Å²) in [6.45, 7) is 0. The zero-order valence-electron chi connectivity index (χ0n) is 14.8. The molecule has 2 aliphatic rings. The summed E-state index contributed by atoms with van der Waals surface area (Å²) >= 11 is 0. The number of carbonyl (C=O) groups excluding carboxylic acids is 1. The van der Waals surface area contributed by atoms with Crippen molar-refractivity contribution in [3.8, 4) is 0 Å². The van der Waals surface area contributed by atoms with Gasteiger partial charge in [0, 0.05) is 42.3 Å². The van der Waals surface area contributed by atoms with E-state index in [0.717, 1.165) is 0 Å². The van der Waals surface area contributed by atoms with Crippen LogP contribution in [0.3, 0.4) is 0 Å². The maximum atomic E-state index is 11.7. The molecule has 10 heteroatoms. The van der Waals surface area contributed by atoms with Crippen molar-refractivity contribution >= 4 is 17.3 Å². The molecule has 148 valence electrons. The minimum Gasteiger partial charge on any atom is -0.426 e. The van der Waals surface area contributed by atoms with Gasteiger partial charge in [-0.2, -0.15) is 0 Å². The third kappa shape index (κ3) is 3.71. The molecule has 2 aromatic carbocycles. The van der Waals surface area contributed by atoms with Crippen LogP contribution in [0.1, 0.15) is 29.9 Å². The molecule has 0 aliphatic carbocycles. The van der Waals surface area contributed by atoms with Gasteiger partial charge >= 0.3 is 5.97 Å². The molecule has 0 N–H and O–H groups in total. The normalized spacial score (nSPS) is 25.7. The molecule has 2 aromatic rings. The van der Waals surface area contributed by atoms with Crippen LogP contribution in [-0.2, 0) is 19.0 Å². The number of carbonyl (C=O) groups is 1. The molecule has 0 unspecified atom stereocenters. The molecular formula is C19H14N2O8. The molecule has 0 aromatic heterocycles. The number of hydrogen-bond donors (Lipinski definition) is 0. The number of non-ortho nitro benzene ring substituents is 2.